The zero-order valence-corrected chi connectivity index (χ0v) is 18.8. The summed E-state index contributed by atoms with van der Waals surface area (Å²) in [6, 6.07) is 12.7. The molecule has 0 aliphatic heterocycles. The van der Waals surface area contributed by atoms with Gasteiger partial charge in [0.05, 0.1) is 17.7 Å². The molecule has 0 radical (unpaired) electrons. The SMILES string of the molecule is CC(C)CN(CC(O)[C@@H](BOCN)Cc1ccc(O)cc1)S(=O)(=O)c1ccc(N)cc1. The second-order valence-electron chi connectivity index (χ2n) is 8.02. The Morgan fingerprint density at radius 2 is 1.68 bits per heavy atom. The number of nitrogens with zero attached hydrogens (tertiary/aromatic N) is 1. The number of phenolic OH excluding ortho intramolecular Hbond substituents is 1. The average Bonchev–Trinajstić information content (AvgIpc) is 2.72. The summed E-state index contributed by atoms with van der Waals surface area (Å²) in [6.07, 6.45) is -0.540. The quantitative estimate of drug-likeness (QED) is 0.218. The number of aliphatic hydroxyl groups excluding tert-OH is 1. The fourth-order valence-electron chi connectivity index (χ4n) is 3.28. The number of anilines is 1. The fraction of sp³-hybridized carbons (Fsp3) is 0.429. The molecule has 170 valence electrons. The lowest BCUT2D eigenvalue weighted by molar-refractivity contribution is 0.128. The van der Waals surface area contributed by atoms with E-state index in [-0.39, 0.29) is 49.7 Å². The second-order valence-corrected chi connectivity index (χ2v) is 9.96. The number of hydrogen-bond acceptors (Lipinski definition) is 7. The van der Waals surface area contributed by atoms with E-state index >= 15 is 0 Å². The van der Waals surface area contributed by atoms with Crippen LogP contribution >= 0.6 is 0 Å². The summed E-state index contributed by atoms with van der Waals surface area (Å²) in [4.78, 5) is 0.128. The minimum atomic E-state index is -3.82. The molecule has 0 amide bonds. The van der Waals surface area contributed by atoms with Gasteiger partial charge < -0.3 is 26.3 Å². The van der Waals surface area contributed by atoms with Crippen LogP contribution in [0.3, 0.4) is 0 Å². The number of nitrogens with two attached hydrogens (primary N) is 2. The van der Waals surface area contributed by atoms with Crippen molar-refractivity contribution in [2.45, 2.75) is 37.1 Å². The minimum Gasteiger partial charge on any atom is -0.508 e. The Bertz CT molecular complexity index is 908. The van der Waals surface area contributed by atoms with Gasteiger partial charge in [0.2, 0.25) is 10.0 Å². The number of aliphatic hydroxyl groups is 1. The highest BCUT2D eigenvalue weighted by Crippen LogP contribution is 2.24. The molecule has 2 aromatic carbocycles. The van der Waals surface area contributed by atoms with Crippen LogP contribution in [-0.4, -0.2) is 56.3 Å². The maximum absolute atomic E-state index is 13.2. The predicted octanol–water partition coefficient (Wildman–Crippen LogP) is 1.30. The summed E-state index contributed by atoms with van der Waals surface area (Å²) < 4.78 is 33.1. The minimum absolute atomic E-state index is 0.00174. The summed E-state index contributed by atoms with van der Waals surface area (Å²) in [7, 11) is -3.64. The molecule has 8 nitrogen and oxygen atoms in total. The van der Waals surface area contributed by atoms with Gasteiger partial charge in [0.25, 0.3) is 7.48 Å². The molecule has 31 heavy (non-hydrogen) atoms. The number of phenols is 1. The first kappa shape index (κ1) is 25.2. The highest BCUT2D eigenvalue weighted by atomic mass is 32.2. The van der Waals surface area contributed by atoms with Crippen LogP contribution in [0.1, 0.15) is 19.4 Å². The van der Waals surface area contributed by atoms with E-state index in [2.05, 4.69) is 0 Å². The summed E-state index contributed by atoms with van der Waals surface area (Å²) in [5, 5.41) is 20.5. The van der Waals surface area contributed by atoms with Gasteiger partial charge in [0, 0.05) is 18.8 Å². The Morgan fingerprint density at radius 3 is 2.23 bits per heavy atom. The molecular weight excluding hydrogens is 417 g/mol. The van der Waals surface area contributed by atoms with Crippen LogP contribution in [0.25, 0.3) is 0 Å². The van der Waals surface area contributed by atoms with Crippen LogP contribution in [0.2, 0.25) is 5.82 Å². The third kappa shape index (κ3) is 7.51. The number of benzene rings is 2. The van der Waals surface area contributed by atoms with Crippen LogP contribution in [0.5, 0.6) is 5.75 Å². The van der Waals surface area contributed by atoms with Crippen molar-refractivity contribution in [2.24, 2.45) is 11.7 Å². The number of aromatic hydroxyl groups is 1. The number of rotatable bonds is 12. The maximum Gasteiger partial charge on any atom is 0.282 e. The lowest BCUT2D eigenvalue weighted by atomic mass is 9.72. The molecular formula is C21H32BN3O5S. The van der Waals surface area contributed by atoms with E-state index in [0.717, 1.165) is 5.56 Å². The number of hydrogen-bond donors (Lipinski definition) is 4. The van der Waals surface area contributed by atoms with Gasteiger partial charge in [-0.1, -0.05) is 26.0 Å². The van der Waals surface area contributed by atoms with Crippen LogP contribution < -0.4 is 11.5 Å². The van der Waals surface area contributed by atoms with E-state index in [1.54, 1.807) is 36.4 Å². The molecule has 0 aliphatic rings. The van der Waals surface area contributed by atoms with Gasteiger partial charge >= 0.3 is 0 Å². The van der Waals surface area contributed by atoms with Gasteiger partial charge in [-0.3, -0.25) is 0 Å². The van der Waals surface area contributed by atoms with E-state index in [0.29, 0.717) is 12.1 Å². The Kier molecular flexibility index (Phi) is 9.33. The molecule has 0 spiro atoms. The van der Waals surface area contributed by atoms with E-state index in [9.17, 15) is 18.6 Å². The van der Waals surface area contributed by atoms with Gasteiger partial charge in [-0.25, -0.2) is 8.42 Å². The largest absolute Gasteiger partial charge is 0.508 e. The van der Waals surface area contributed by atoms with Gasteiger partial charge in [0.1, 0.15) is 5.75 Å². The lowest BCUT2D eigenvalue weighted by Gasteiger charge is -2.30. The first-order valence-corrected chi connectivity index (χ1v) is 11.7. The summed E-state index contributed by atoms with van der Waals surface area (Å²) in [5.41, 5.74) is 12.5. The molecule has 2 atom stereocenters. The smallest absolute Gasteiger partial charge is 0.282 e. The summed E-state index contributed by atoms with van der Waals surface area (Å²) in [5.74, 6) is -0.173. The van der Waals surface area contributed by atoms with Gasteiger partial charge in [-0.2, -0.15) is 4.31 Å². The molecule has 1 unspecified atom stereocenters. The molecule has 0 aliphatic carbocycles. The van der Waals surface area contributed by atoms with E-state index < -0.39 is 16.1 Å². The van der Waals surface area contributed by atoms with Crippen LogP contribution in [-0.2, 0) is 21.1 Å². The topological polar surface area (TPSA) is 139 Å². The predicted molar refractivity (Wildman–Crippen MR) is 123 cm³/mol. The van der Waals surface area contributed by atoms with Crippen molar-refractivity contribution in [1.82, 2.24) is 4.31 Å². The molecule has 0 aromatic heterocycles. The average molecular weight is 449 g/mol. The van der Waals surface area contributed by atoms with Gasteiger partial charge in [-0.15, -0.1) is 0 Å². The van der Waals surface area contributed by atoms with Gasteiger partial charge in [0.15, 0.2) is 0 Å². The second kappa shape index (κ2) is 11.5. The molecule has 0 saturated heterocycles. The van der Waals surface area contributed by atoms with Crippen molar-refractivity contribution in [3.8, 4) is 5.75 Å². The maximum atomic E-state index is 13.2. The Labute approximate surface area is 185 Å². The third-order valence-corrected chi connectivity index (χ3v) is 6.75. The fourth-order valence-corrected chi connectivity index (χ4v) is 4.91. The number of nitrogen functional groups attached to an aromatic ring is 1. The Balaban J connectivity index is 2.24. The highest BCUT2D eigenvalue weighted by Gasteiger charge is 2.31. The zero-order chi connectivity index (χ0) is 23.0. The van der Waals surface area contributed by atoms with Crippen molar-refractivity contribution in [1.29, 1.82) is 0 Å². The van der Waals surface area contributed by atoms with Crippen molar-refractivity contribution >= 4 is 23.2 Å². The first-order valence-electron chi connectivity index (χ1n) is 10.2. The van der Waals surface area contributed by atoms with E-state index in [1.807, 2.05) is 13.8 Å². The third-order valence-electron chi connectivity index (χ3n) is 4.91. The number of sulfonamides is 1. The standard InChI is InChI=1S/C21H32BN3O5S/c1-15(2)12-25(31(28,29)19-9-5-17(24)6-10-19)13-21(27)20(22-30-14-23)11-16-3-7-18(26)8-4-16/h3-10,15,20-22,26-27H,11-14,23-24H2,1-2H3/t20-,21?/m0/s1. The molecule has 0 fully saturated rings. The normalized spacial score (nSPS) is 14.0. The lowest BCUT2D eigenvalue weighted by Crippen LogP contribution is -2.42. The molecule has 6 N–H and O–H groups in total. The van der Waals surface area contributed by atoms with Crippen LogP contribution in [0.15, 0.2) is 53.4 Å². The Morgan fingerprint density at radius 1 is 1.06 bits per heavy atom. The molecule has 2 aromatic rings. The Hall–Kier alpha value is -2.11. The van der Waals surface area contributed by atoms with Crippen molar-refractivity contribution in [3.05, 3.63) is 54.1 Å². The molecule has 10 heteroatoms. The molecule has 2 rings (SSSR count). The first-order chi connectivity index (χ1) is 14.6. The van der Waals surface area contributed by atoms with Crippen LogP contribution in [0.4, 0.5) is 5.69 Å². The summed E-state index contributed by atoms with van der Waals surface area (Å²) >= 11 is 0. The van der Waals surface area contributed by atoms with Crippen LogP contribution in [0, 0.1) is 5.92 Å². The molecule has 0 saturated carbocycles. The zero-order valence-electron chi connectivity index (χ0n) is 18.0. The van der Waals surface area contributed by atoms with E-state index in [1.165, 1.54) is 16.4 Å². The molecule has 0 bridgehead atoms. The highest BCUT2D eigenvalue weighted by molar-refractivity contribution is 7.89. The van der Waals surface area contributed by atoms with E-state index in [4.69, 9.17) is 16.1 Å². The van der Waals surface area contributed by atoms with Crippen molar-refractivity contribution in [2.75, 3.05) is 25.6 Å². The van der Waals surface area contributed by atoms with Gasteiger partial charge in [-0.05, 0) is 60.1 Å². The summed E-state index contributed by atoms with van der Waals surface area (Å²) in [6.45, 7) is 4.01. The monoisotopic (exact) mass is 449 g/mol. The van der Waals surface area contributed by atoms with Crippen molar-refractivity contribution < 1.29 is 23.3 Å². The van der Waals surface area contributed by atoms with Crippen molar-refractivity contribution in [3.63, 3.8) is 0 Å². The molecule has 0 heterocycles.